The Kier molecular flexibility index (Phi) is 8.05. The summed E-state index contributed by atoms with van der Waals surface area (Å²) in [7, 11) is 0. The lowest BCUT2D eigenvalue weighted by Crippen LogP contribution is -2.41. The van der Waals surface area contributed by atoms with Gasteiger partial charge in [-0.05, 0) is 54.4 Å². The van der Waals surface area contributed by atoms with Crippen LogP contribution in [0.3, 0.4) is 0 Å². The Morgan fingerprint density at radius 1 is 0.742 bits per heavy atom. The highest BCUT2D eigenvalue weighted by molar-refractivity contribution is 5.99. The molecule has 0 saturated heterocycles. The number of hydrazine groups is 1. The van der Waals surface area contributed by atoms with Crippen LogP contribution in [0.15, 0.2) is 78.9 Å². The summed E-state index contributed by atoms with van der Waals surface area (Å²) in [6.45, 7) is 3.13. The molecule has 0 aliphatic heterocycles. The monoisotopic (exact) mass is 418 g/mol. The maximum atomic E-state index is 12.3. The van der Waals surface area contributed by atoms with E-state index in [0.717, 1.165) is 18.4 Å². The molecule has 0 fully saturated rings. The number of ether oxygens (including phenoxy) is 2. The molecule has 2 N–H and O–H groups in total. The van der Waals surface area contributed by atoms with Gasteiger partial charge in [-0.3, -0.25) is 20.4 Å². The van der Waals surface area contributed by atoms with Gasteiger partial charge in [0, 0.05) is 11.1 Å². The normalized spacial score (nSPS) is 10.2. The van der Waals surface area contributed by atoms with Gasteiger partial charge in [-0.2, -0.15) is 0 Å². The predicted octanol–water partition coefficient (Wildman–Crippen LogP) is 4.52. The van der Waals surface area contributed by atoms with Crippen LogP contribution in [-0.2, 0) is 6.61 Å². The predicted molar refractivity (Wildman–Crippen MR) is 119 cm³/mol. The standard InChI is InChI=1S/C25H26N2O4/c1-2-3-16-30-23-11-7-10-21(17-23)25(29)27-26-24(28)20-12-14-22(15-13-20)31-18-19-8-5-4-6-9-19/h4-15,17H,2-3,16,18H2,1H3,(H,26,28)(H,27,29). The maximum Gasteiger partial charge on any atom is 0.269 e. The molecular formula is C25H26N2O4. The lowest BCUT2D eigenvalue weighted by atomic mass is 10.2. The van der Waals surface area contributed by atoms with E-state index in [2.05, 4.69) is 17.8 Å². The van der Waals surface area contributed by atoms with E-state index in [4.69, 9.17) is 9.47 Å². The highest BCUT2D eigenvalue weighted by Gasteiger charge is 2.10. The molecule has 0 unspecified atom stereocenters. The number of rotatable bonds is 9. The van der Waals surface area contributed by atoms with Crippen LogP contribution in [0.25, 0.3) is 0 Å². The summed E-state index contributed by atoms with van der Waals surface area (Å²) in [5, 5.41) is 0. The second kappa shape index (κ2) is 11.4. The van der Waals surface area contributed by atoms with Crippen molar-refractivity contribution in [1.29, 1.82) is 0 Å². The summed E-state index contributed by atoms with van der Waals surface area (Å²) in [5.74, 6) is 0.443. The van der Waals surface area contributed by atoms with Gasteiger partial charge >= 0.3 is 0 Å². The van der Waals surface area contributed by atoms with E-state index >= 15 is 0 Å². The summed E-state index contributed by atoms with van der Waals surface area (Å²) >= 11 is 0. The molecule has 0 heterocycles. The molecule has 3 aromatic carbocycles. The highest BCUT2D eigenvalue weighted by atomic mass is 16.5. The summed E-state index contributed by atoms with van der Waals surface area (Å²) < 4.78 is 11.3. The van der Waals surface area contributed by atoms with Crippen molar-refractivity contribution in [3.63, 3.8) is 0 Å². The Labute approximate surface area is 182 Å². The van der Waals surface area contributed by atoms with Crippen LogP contribution in [0.4, 0.5) is 0 Å². The van der Waals surface area contributed by atoms with Gasteiger partial charge in [0.05, 0.1) is 6.61 Å². The first kappa shape index (κ1) is 21.9. The van der Waals surface area contributed by atoms with Crippen molar-refractivity contribution in [1.82, 2.24) is 10.9 Å². The van der Waals surface area contributed by atoms with Crippen molar-refractivity contribution >= 4 is 11.8 Å². The van der Waals surface area contributed by atoms with Gasteiger partial charge in [-0.25, -0.2) is 0 Å². The summed E-state index contributed by atoms with van der Waals surface area (Å²) in [4.78, 5) is 24.7. The largest absolute Gasteiger partial charge is 0.494 e. The molecule has 0 aromatic heterocycles. The highest BCUT2D eigenvalue weighted by Crippen LogP contribution is 2.15. The minimum atomic E-state index is -0.419. The number of unbranched alkanes of at least 4 members (excludes halogenated alkanes) is 1. The molecule has 0 aliphatic rings. The van der Waals surface area contributed by atoms with Crippen LogP contribution in [0.5, 0.6) is 11.5 Å². The van der Waals surface area contributed by atoms with Crippen LogP contribution < -0.4 is 20.3 Å². The first-order chi connectivity index (χ1) is 15.2. The van der Waals surface area contributed by atoms with Gasteiger partial charge < -0.3 is 9.47 Å². The van der Waals surface area contributed by atoms with Crippen molar-refractivity contribution in [3.8, 4) is 11.5 Å². The van der Waals surface area contributed by atoms with E-state index in [-0.39, 0.29) is 0 Å². The molecule has 0 spiro atoms. The van der Waals surface area contributed by atoms with E-state index < -0.39 is 11.8 Å². The van der Waals surface area contributed by atoms with E-state index in [1.165, 1.54) is 0 Å². The molecule has 0 saturated carbocycles. The maximum absolute atomic E-state index is 12.3. The third-order valence-electron chi connectivity index (χ3n) is 4.52. The molecule has 6 heteroatoms. The van der Waals surface area contributed by atoms with Crippen LogP contribution in [0.1, 0.15) is 46.0 Å². The SMILES string of the molecule is CCCCOc1cccc(C(=O)NNC(=O)c2ccc(OCc3ccccc3)cc2)c1. The van der Waals surface area contributed by atoms with Crippen molar-refractivity contribution in [2.45, 2.75) is 26.4 Å². The topological polar surface area (TPSA) is 76.7 Å². The average Bonchev–Trinajstić information content (AvgIpc) is 2.82. The lowest BCUT2D eigenvalue weighted by molar-refractivity contribution is 0.0846. The lowest BCUT2D eigenvalue weighted by Gasteiger charge is -2.10. The third-order valence-corrected chi connectivity index (χ3v) is 4.52. The van der Waals surface area contributed by atoms with Gasteiger partial charge in [0.1, 0.15) is 18.1 Å². The Balaban J connectivity index is 1.48. The number of hydrogen-bond donors (Lipinski definition) is 2. The molecule has 0 atom stereocenters. The number of nitrogens with one attached hydrogen (secondary N) is 2. The van der Waals surface area contributed by atoms with Crippen molar-refractivity contribution in [2.75, 3.05) is 6.61 Å². The molecule has 3 rings (SSSR count). The molecule has 0 aliphatic carbocycles. The summed E-state index contributed by atoms with van der Waals surface area (Å²) in [6.07, 6.45) is 1.98. The Morgan fingerprint density at radius 3 is 2.16 bits per heavy atom. The van der Waals surface area contributed by atoms with Gasteiger partial charge in [0.15, 0.2) is 0 Å². The quantitative estimate of drug-likeness (QED) is 0.396. The van der Waals surface area contributed by atoms with Gasteiger partial charge in [0.25, 0.3) is 11.8 Å². The van der Waals surface area contributed by atoms with Crippen molar-refractivity contribution in [2.24, 2.45) is 0 Å². The Bertz CT molecular complexity index is 988. The van der Waals surface area contributed by atoms with E-state index in [9.17, 15) is 9.59 Å². The summed E-state index contributed by atoms with van der Waals surface area (Å²) in [6, 6.07) is 23.4. The van der Waals surface area contributed by atoms with Crippen molar-refractivity contribution in [3.05, 3.63) is 95.6 Å². The Morgan fingerprint density at radius 2 is 1.45 bits per heavy atom. The molecule has 31 heavy (non-hydrogen) atoms. The fraction of sp³-hybridized carbons (Fsp3) is 0.200. The fourth-order valence-electron chi connectivity index (χ4n) is 2.76. The zero-order chi connectivity index (χ0) is 21.9. The van der Waals surface area contributed by atoms with Gasteiger partial charge in [-0.15, -0.1) is 0 Å². The molecule has 2 amide bonds. The number of amides is 2. The average molecular weight is 418 g/mol. The zero-order valence-corrected chi connectivity index (χ0v) is 17.5. The fourth-order valence-corrected chi connectivity index (χ4v) is 2.76. The molecule has 0 bridgehead atoms. The van der Waals surface area contributed by atoms with Crippen LogP contribution in [0.2, 0.25) is 0 Å². The molecule has 6 nitrogen and oxygen atoms in total. The molecule has 160 valence electrons. The minimum absolute atomic E-state index is 0.402. The Hall–Kier alpha value is -3.80. The van der Waals surface area contributed by atoms with E-state index in [1.54, 1.807) is 48.5 Å². The van der Waals surface area contributed by atoms with Crippen LogP contribution in [-0.4, -0.2) is 18.4 Å². The number of carbonyl (C=O) groups excluding carboxylic acids is 2. The number of carbonyl (C=O) groups is 2. The van der Waals surface area contributed by atoms with E-state index in [1.807, 2.05) is 30.3 Å². The smallest absolute Gasteiger partial charge is 0.269 e. The van der Waals surface area contributed by atoms with Crippen molar-refractivity contribution < 1.29 is 19.1 Å². The molecule has 3 aromatic rings. The second-order valence-corrected chi connectivity index (χ2v) is 6.94. The first-order valence-electron chi connectivity index (χ1n) is 10.3. The molecular weight excluding hydrogens is 392 g/mol. The van der Waals surface area contributed by atoms with Gasteiger partial charge in [0.2, 0.25) is 0 Å². The van der Waals surface area contributed by atoms with Crippen LogP contribution in [0, 0.1) is 0 Å². The third kappa shape index (κ3) is 6.89. The number of benzene rings is 3. The molecule has 0 radical (unpaired) electrons. The zero-order valence-electron chi connectivity index (χ0n) is 17.5. The van der Waals surface area contributed by atoms with E-state index in [0.29, 0.717) is 35.8 Å². The van der Waals surface area contributed by atoms with Gasteiger partial charge in [-0.1, -0.05) is 49.7 Å². The first-order valence-corrected chi connectivity index (χ1v) is 10.3. The second-order valence-electron chi connectivity index (χ2n) is 6.94. The minimum Gasteiger partial charge on any atom is -0.494 e. The van der Waals surface area contributed by atoms with Crippen LogP contribution >= 0.6 is 0 Å². The number of hydrogen-bond acceptors (Lipinski definition) is 4. The summed E-state index contributed by atoms with van der Waals surface area (Å²) in [5.41, 5.74) is 6.72.